The van der Waals surface area contributed by atoms with Gasteiger partial charge in [-0.15, -0.1) is 0 Å². The molecule has 0 aliphatic rings. The van der Waals surface area contributed by atoms with Crippen molar-refractivity contribution in [3.63, 3.8) is 0 Å². The summed E-state index contributed by atoms with van der Waals surface area (Å²) in [6, 6.07) is 22.4. The number of rotatable bonds is 5. The molecule has 0 atom stereocenters. The molecule has 7 heteroatoms. The van der Waals surface area contributed by atoms with Crippen LogP contribution in [-0.4, -0.2) is 16.0 Å². The van der Waals surface area contributed by atoms with E-state index in [1.165, 1.54) is 30.3 Å². The lowest BCUT2D eigenvalue weighted by atomic mass is 10.0. The van der Waals surface area contributed by atoms with Gasteiger partial charge in [-0.25, -0.2) is 4.79 Å². The molecule has 0 saturated heterocycles. The molecule has 0 spiro atoms. The molecule has 0 unspecified atom stereocenters. The highest BCUT2D eigenvalue weighted by molar-refractivity contribution is 6.04. The highest BCUT2D eigenvalue weighted by atomic mass is 16.6. The summed E-state index contributed by atoms with van der Waals surface area (Å²) in [6.45, 7) is 0. The smallest absolute Gasteiger partial charge is 0.347 e. The Hall–Kier alpha value is -4.39. The highest BCUT2D eigenvalue weighted by Gasteiger charge is 2.20. The number of ether oxygens (including phenoxy) is 2. The van der Waals surface area contributed by atoms with Gasteiger partial charge < -0.3 is 14.6 Å². The number of esters is 1. The fraction of sp³-hybridized carbons (Fsp3) is 0. The first-order valence-corrected chi connectivity index (χ1v) is 8.97. The number of benzene rings is 4. The van der Waals surface area contributed by atoms with Gasteiger partial charge in [-0.05, 0) is 30.3 Å². The second-order valence-electron chi connectivity index (χ2n) is 6.37. The van der Waals surface area contributed by atoms with Crippen LogP contribution in [0.25, 0.3) is 10.8 Å². The molecule has 0 heterocycles. The van der Waals surface area contributed by atoms with Crippen LogP contribution in [0.1, 0.15) is 10.4 Å². The van der Waals surface area contributed by atoms with Crippen LogP contribution in [0.4, 0.5) is 5.69 Å². The first-order valence-electron chi connectivity index (χ1n) is 8.97. The van der Waals surface area contributed by atoms with Crippen LogP contribution in [0.3, 0.4) is 0 Å². The lowest BCUT2D eigenvalue weighted by Gasteiger charge is -2.13. The van der Waals surface area contributed by atoms with Crippen LogP contribution in [-0.2, 0) is 0 Å². The Balaban J connectivity index is 1.74. The molecule has 0 fully saturated rings. The van der Waals surface area contributed by atoms with Crippen molar-refractivity contribution >= 4 is 22.4 Å². The Morgan fingerprint density at radius 2 is 1.47 bits per heavy atom. The Morgan fingerprint density at radius 3 is 2.13 bits per heavy atom. The summed E-state index contributed by atoms with van der Waals surface area (Å²) in [6.07, 6.45) is 0. The lowest BCUT2D eigenvalue weighted by molar-refractivity contribution is -0.384. The van der Waals surface area contributed by atoms with Gasteiger partial charge >= 0.3 is 5.97 Å². The molecule has 0 aliphatic heterocycles. The van der Waals surface area contributed by atoms with E-state index in [-0.39, 0.29) is 17.0 Å². The van der Waals surface area contributed by atoms with E-state index in [0.29, 0.717) is 28.0 Å². The van der Waals surface area contributed by atoms with Crippen molar-refractivity contribution in [1.82, 2.24) is 0 Å². The zero-order chi connectivity index (χ0) is 21.1. The number of nitro benzene ring substituents is 1. The molecule has 4 aromatic rings. The molecule has 7 nitrogen and oxygen atoms in total. The van der Waals surface area contributed by atoms with E-state index in [2.05, 4.69) is 0 Å². The Morgan fingerprint density at radius 1 is 0.833 bits per heavy atom. The molecule has 0 aromatic heterocycles. The van der Waals surface area contributed by atoms with Gasteiger partial charge in [0.2, 0.25) is 0 Å². The number of carbonyl (C=O) groups is 1. The molecule has 1 N–H and O–H groups in total. The quantitative estimate of drug-likeness (QED) is 0.206. The van der Waals surface area contributed by atoms with Gasteiger partial charge in [-0.2, -0.15) is 0 Å². The summed E-state index contributed by atoms with van der Waals surface area (Å²) >= 11 is 0. The number of non-ortho nitro benzene ring substituents is 1. The van der Waals surface area contributed by atoms with Crippen molar-refractivity contribution in [3.8, 4) is 23.0 Å². The van der Waals surface area contributed by atoms with Gasteiger partial charge in [0.15, 0.2) is 0 Å². The number of para-hydroxylation sites is 1. The molecular weight excluding hydrogens is 386 g/mol. The fourth-order valence-corrected chi connectivity index (χ4v) is 2.98. The maximum Gasteiger partial charge on any atom is 0.347 e. The van der Waals surface area contributed by atoms with E-state index in [1.54, 1.807) is 54.6 Å². The molecular formula is C23H15NO6. The van der Waals surface area contributed by atoms with Crippen molar-refractivity contribution < 1.29 is 24.3 Å². The van der Waals surface area contributed by atoms with E-state index in [4.69, 9.17) is 9.47 Å². The number of fused-ring (bicyclic) bond motifs is 1. The van der Waals surface area contributed by atoms with Gasteiger partial charge in [-0.1, -0.05) is 42.5 Å². The highest BCUT2D eigenvalue weighted by Crippen LogP contribution is 2.38. The predicted octanol–water partition coefficient (Wildman–Crippen LogP) is 5.47. The second-order valence-corrected chi connectivity index (χ2v) is 6.37. The first kappa shape index (κ1) is 18.9. The fourth-order valence-electron chi connectivity index (χ4n) is 2.98. The zero-order valence-electron chi connectivity index (χ0n) is 15.5. The molecule has 0 saturated carbocycles. The van der Waals surface area contributed by atoms with Crippen LogP contribution >= 0.6 is 0 Å². The predicted molar refractivity (Wildman–Crippen MR) is 110 cm³/mol. The molecule has 0 radical (unpaired) electrons. The van der Waals surface area contributed by atoms with E-state index in [1.807, 2.05) is 0 Å². The van der Waals surface area contributed by atoms with E-state index in [9.17, 15) is 20.0 Å². The van der Waals surface area contributed by atoms with E-state index in [0.717, 1.165) is 0 Å². The van der Waals surface area contributed by atoms with Gasteiger partial charge in [0.25, 0.3) is 5.69 Å². The second kappa shape index (κ2) is 7.92. The number of hydrogen-bond donors (Lipinski definition) is 1. The third-order valence-electron chi connectivity index (χ3n) is 4.43. The minimum absolute atomic E-state index is 0.0607. The number of phenols is 1. The molecule has 0 aliphatic carbocycles. The number of nitro groups is 1. The molecule has 30 heavy (non-hydrogen) atoms. The van der Waals surface area contributed by atoms with Crippen molar-refractivity contribution in [2.45, 2.75) is 0 Å². The minimum atomic E-state index is -0.738. The Labute approximate surface area is 170 Å². The number of phenolic OH excluding ortho intramolecular Hbond substituents is 1. The zero-order valence-corrected chi connectivity index (χ0v) is 15.5. The van der Waals surface area contributed by atoms with Gasteiger partial charge in [0, 0.05) is 22.9 Å². The number of nitrogens with zero attached hydrogens (tertiary/aromatic N) is 1. The van der Waals surface area contributed by atoms with Gasteiger partial charge in [-0.3, -0.25) is 10.1 Å². The summed E-state index contributed by atoms with van der Waals surface area (Å²) in [5, 5.41) is 22.5. The lowest BCUT2D eigenvalue weighted by Crippen LogP contribution is -2.09. The van der Waals surface area contributed by atoms with Crippen molar-refractivity contribution in [3.05, 3.63) is 101 Å². The largest absolute Gasteiger partial charge is 0.506 e. The van der Waals surface area contributed by atoms with Crippen molar-refractivity contribution in [1.29, 1.82) is 0 Å². The topological polar surface area (TPSA) is 98.9 Å². The van der Waals surface area contributed by atoms with Crippen molar-refractivity contribution in [2.75, 3.05) is 0 Å². The molecule has 0 amide bonds. The van der Waals surface area contributed by atoms with Crippen LogP contribution in [0.5, 0.6) is 23.0 Å². The number of hydrogen-bond acceptors (Lipinski definition) is 6. The summed E-state index contributed by atoms with van der Waals surface area (Å²) < 4.78 is 11.2. The van der Waals surface area contributed by atoms with Crippen LogP contribution in [0, 0.1) is 10.1 Å². The maximum absolute atomic E-state index is 12.7. The first-order chi connectivity index (χ1) is 14.5. The minimum Gasteiger partial charge on any atom is -0.506 e. The molecule has 4 rings (SSSR count). The molecule has 0 bridgehead atoms. The van der Waals surface area contributed by atoms with Gasteiger partial charge in [0.1, 0.15) is 28.6 Å². The summed E-state index contributed by atoms with van der Waals surface area (Å²) in [4.78, 5) is 23.0. The summed E-state index contributed by atoms with van der Waals surface area (Å²) in [5.41, 5.74) is -0.125. The molecule has 148 valence electrons. The Kier molecular flexibility index (Phi) is 5.00. The average molecular weight is 401 g/mol. The normalized spacial score (nSPS) is 10.5. The monoisotopic (exact) mass is 401 g/mol. The standard InChI is InChI=1S/C23H15NO6/c25-22-19-9-5-4-8-18(19)21(29-17-12-10-15(11-13-17)24(27)28)14-20(22)23(26)30-16-6-2-1-3-7-16/h1-14,25H. The van der Waals surface area contributed by atoms with Crippen LogP contribution < -0.4 is 9.47 Å². The maximum atomic E-state index is 12.7. The Bertz CT molecular complexity index is 1240. The SMILES string of the molecule is O=C(Oc1ccccc1)c1cc(Oc2ccc([N+](=O)[O-])cc2)c2ccccc2c1O. The van der Waals surface area contributed by atoms with Crippen molar-refractivity contribution in [2.24, 2.45) is 0 Å². The number of carbonyl (C=O) groups excluding carboxylic acids is 1. The van der Waals surface area contributed by atoms with Crippen LogP contribution in [0.2, 0.25) is 0 Å². The van der Waals surface area contributed by atoms with E-state index >= 15 is 0 Å². The van der Waals surface area contributed by atoms with Crippen LogP contribution in [0.15, 0.2) is 84.9 Å². The van der Waals surface area contributed by atoms with Gasteiger partial charge in [0.05, 0.1) is 4.92 Å². The summed E-state index contributed by atoms with van der Waals surface area (Å²) in [7, 11) is 0. The third kappa shape index (κ3) is 3.77. The summed E-state index contributed by atoms with van der Waals surface area (Å²) in [5.74, 6) is 0.0320. The third-order valence-corrected chi connectivity index (χ3v) is 4.43. The van der Waals surface area contributed by atoms with E-state index < -0.39 is 10.9 Å². The average Bonchev–Trinajstić information content (AvgIpc) is 2.76. The number of aromatic hydroxyl groups is 1. The molecule has 4 aromatic carbocycles.